The molecule has 2 fully saturated rings. The van der Waals surface area contributed by atoms with E-state index in [2.05, 4.69) is 42.8 Å². The molecule has 1 unspecified atom stereocenters. The number of hydrogen-bond acceptors (Lipinski definition) is 5. The molecule has 1 aromatic carbocycles. The minimum atomic E-state index is 0.0496. The Morgan fingerprint density at radius 3 is 2.61 bits per heavy atom. The molecule has 0 radical (unpaired) electrons. The number of carbonyl (C=O) groups excluding carboxylic acids is 1. The van der Waals surface area contributed by atoms with E-state index >= 15 is 0 Å². The van der Waals surface area contributed by atoms with Gasteiger partial charge in [0.05, 0.1) is 12.2 Å². The van der Waals surface area contributed by atoms with E-state index < -0.39 is 0 Å². The van der Waals surface area contributed by atoms with Crippen LogP contribution in [0.5, 0.6) is 5.75 Å². The molecule has 2 aliphatic rings. The van der Waals surface area contributed by atoms with Crippen molar-refractivity contribution in [1.29, 1.82) is 0 Å². The molecule has 3 atom stereocenters. The predicted octanol–water partition coefficient (Wildman–Crippen LogP) is 4.04. The minimum Gasteiger partial charge on any atom is -0.491 e. The third-order valence-electron chi connectivity index (χ3n) is 6.79. The zero-order valence-corrected chi connectivity index (χ0v) is 19.4. The Kier molecular flexibility index (Phi) is 6.51. The molecule has 31 heavy (non-hydrogen) atoms. The number of carbonyl (C=O) groups is 1. The van der Waals surface area contributed by atoms with Crippen LogP contribution in [-0.4, -0.2) is 66.2 Å². The van der Waals surface area contributed by atoms with E-state index in [1.165, 1.54) is 16.7 Å². The fourth-order valence-corrected chi connectivity index (χ4v) is 5.04. The third-order valence-corrected chi connectivity index (χ3v) is 7.01. The van der Waals surface area contributed by atoms with Crippen LogP contribution in [0, 0.1) is 13.8 Å². The molecule has 1 aromatic heterocycles. The summed E-state index contributed by atoms with van der Waals surface area (Å²) in [5, 5.41) is 0.403. The largest absolute Gasteiger partial charge is 0.491 e. The van der Waals surface area contributed by atoms with E-state index in [1.807, 2.05) is 4.90 Å². The molecule has 2 aliphatic heterocycles. The van der Waals surface area contributed by atoms with Crippen LogP contribution >= 0.6 is 11.6 Å². The van der Waals surface area contributed by atoms with Crippen molar-refractivity contribution in [3.8, 4) is 5.75 Å². The summed E-state index contributed by atoms with van der Waals surface area (Å²) in [6, 6.07) is 8.59. The van der Waals surface area contributed by atoms with Gasteiger partial charge in [-0.05, 0) is 62.1 Å². The molecule has 0 spiro atoms. The lowest BCUT2D eigenvalue weighted by Gasteiger charge is -2.38. The van der Waals surface area contributed by atoms with Gasteiger partial charge in [-0.2, -0.15) is 0 Å². The van der Waals surface area contributed by atoms with Crippen molar-refractivity contribution >= 4 is 17.5 Å². The summed E-state index contributed by atoms with van der Waals surface area (Å²) in [6.45, 7) is 9.33. The fraction of sp³-hybridized carbons (Fsp3) is 0.500. The molecular formula is C24H30ClN3O3. The van der Waals surface area contributed by atoms with Gasteiger partial charge < -0.3 is 14.4 Å². The van der Waals surface area contributed by atoms with Gasteiger partial charge in [0.25, 0.3) is 5.91 Å². The van der Waals surface area contributed by atoms with Crippen molar-refractivity contribution in [3.05, 3.63) is 57.9 Å². The second-order valence-electron chi connectivity index (χ2n) is 8.49. The van der Waals surface area contributed by atoms with Gasteiger partial charge in [0.15, 0.2) is 0 Å². The fourth-order valence-electron chi connectivity index (χ4n) is 4.93. The van der Waals surface area contributed by atoms with E-state index in [4.69, 9.17) is 21.1 Å². The number of pyridine rings is 1. The second kappa shape index (κ2) is 9.15. The first-order chi connectivity index (χ1) is 14.9. The standard InChI is InChI=1S/C24H30ClN3O3/c1-15-16(2)22(31-10-9-30-4)7-6-21(15)17(3)27-13-20-11-19(27)14-28(20)24(29)18-5-8-23(25)26-12-18/h5-8,12,17,19-20H,9-11,13-14H2,1-4H3/t17-,19?,20-/m0/s1. The Labute approximate surface area is 189 Å². The molecule has 166 valence electrons. The summed E-state index contributed by atoms with van der Waals surface area (Å²) in [5.74, 6) is 0.968. The van der Waals surface area contributed by atoms with Crippen LogP contribution in [0.2, 0.25) is 5.15 Å². The number of hydrogen-bond donors (Lipinski definition) is 0. The Balaban J connectivity index is 1.44. The number of aromatic nitrogens is 1. The molecule has 2 aromatic rings. The van der Waals surface area contributed by atoms with Crippen LogP contribution < -0.4 is 4.74 Å². The van der Waals surface area contributed by atoms with Gasteiger partial charge in [0, 0.05) is 44.5 Å². The number of halogens is 1. The second-order valence-corrected chi connectivity index (χ2v) is 8.87. The highest BCUT2D eigenvalue weighted by molar-refractivity contribution is 6.29. The van der Waals surface area contributed by atoms with Crippen LogP contribution in [0.3, 0.4) is 0 Å². The molecule has 0 saturated carbocycles. The van der Waals surface area contributed by atoms with Crippen molar-refractivity contribution < 1.29 is 14.3 Å². The molecule has 0 N–H and O–H groups in total. The van der Waals surface area contributed by atoms with E-state index in [-0.39, 0.29) is 18.0 Å². The highest BCUT2D eigenvalue weighted by Gasteiger charge is 2.47. The maximum absolute atomic E-state index is 12.9. The summed E-state index contributed by atoms with van der Waals surface area (Å²) in [7, 11) is 1.68. The Bertz CT molecular complexity index is 950. The van der Waals surface area contributed by atoms with E-state index in [9.17, 15) is 4.79 Å². The number of piperazine rings is 1. The first-order valence-corrected chi connectivity index (χ1v) is 11.2. The molecule has 0 aliphatic carbocycles. The van der Waals surface area contributed by atoms with Gasteiger partial charge in [-0.15, -0.1) is 0 Å². The summed E-state index contributed by atoms with van der Waals surface area (Å²) in [5.41, 5.74) is 4.37. The van der Waals surface area contributed by atoms with Crippen molar-refractivity contribution in [2.45, 2.75) is 45.3 Å². The first-order valence-electron chi connectivity index (χ1n) is 10.8. The molecule has 1 amide bonds. The monoisotopic (exact) mass is 443 g/mol. The lowest BCUT2D eigenvalue weighted by atomic mass is 9.96. The minimum absolute atomic E-state index is 0.0496. The molecule has 3 heterocycles. The predicted molar refractivity (Wildman–Crippen MR) is 121 cm³/mol. The Morgan fingerprint density at radius 1 is 1.16 bits per heavy atom. The average Bonchev–Trinajstić information content (AvgIpc) is 3.38. The summed E-state index contributed by atoms with van der Waals surface area (Å²) >= 11 is 5.86. The van der Waals surface area contributed by atoms with Gasteiger partial charge in [-0.25, -0.2) is 4.98 Å². The van der Waals surface area contributed by atoms with Crippen LogP contribution in [0.25, 0.3) is 0 Å². The molecule has 4 rings (SSSR count). The van der Waals surface area contributed by atoms with Gasteiger partial charge >= 0.3 is 0 Å². The van der Waals surface area contributed by atoms with Gasteiger partial charge in [0.1, 0.15) is 17.5 Å². The number of likely N-dealkylation sites (tertiary alicyclic amines) is 2. The van der Waals surface area contributed by atoms with Gasteiger partial charge in [-0.1, -0.05) is 17.7 Å². The number of nitrogens with zero attached hydrogens (tertiary/aromatic N) is 3. The zero-order valence-electron chi connectivity index (χ0n) is 18.6. The maximum atomic E-state index is 12.9. The van der Waals surface area contributed by atoms with Crippen LogP contribution in [0.1, 0.15) is 46.4 Å². The highest BCUT2D eigenvalue weighted by Crippen LogP contribution is 2.39. The normalized spacial score (nSPS) is 21.5. The number of methoxy groups -OCH3 is 1. The van der Waals surface area contributed by atoms with Crippen LogP contribution in [0.4, 0.5) is 0 Å². The quantitative estimate of drug-likeness (QED) is 0.477. The SMILES string of the molecule is COCCOc1ccc([C@H](C)N2C[C@@H]3CC2CN3C(=O)c2ccc(Cl)nc2)c(C)c1C. The van der Waals surface area contributed by atoms with Crippen molar-refractivity contribution in [1.82, 2.24) is 14.8 Å². The topological polar surface area (TPSA) is 54.9 Å². The molecule has 2 saturated heterocycles. The lowest BCUT2D eigenvalue weighted by molar-refractivity contribution is 0.0568. The maximum Gasteiger partial charge on any atom is 0.255 e. The Hall–Kier alpha value is -2.15. The molecule has 7 heteroatoms. The first kappa shape index (κ1) is 22.1. The van der Waals surface area contributed by atoms with Crippen LogP contribution in [-0.2, 0) is 4.74 Å². The number of fused-ring (bicyclic) bond motifs is 2. The highest BCUT2D eigenvalue weighted by atomic mass is 35.5. The van der Waals surface area contributed by atoms with Crippen molar-refractivity contribution in [2.75, 3.05) is 33.4 Å². The third kappa shape index (κ3) is 4.29. The summed E-state index contributed by atoms with van der Waals surface area (Å²) < 4.78 is 10.9. The van der Waals surface area contributed by atoms with Crippen molar-refractivity contribution in [2.24, 2.45) is 0 Å². The average molecular weight is 444 g/mol. The van der Waals surface area contributed by atoms with E-state index in [1.54, 1.807) is 25.4 Å². The Morgan fingerprint density at radius 2 is 1.97 bits per heavy atom. The van der Waals surface area contributed by atoms with Crippen LogP contribution in [0.15, 0.2) is 30.5 Å². The van der Waals surface area contributed by atoms with Crippen molar-refractivity contribution in [3.63, 3.8) is 0 Å². The number of ether oxygens (including phenoxy) is 2. The van der Waals surface area contributed by atoms with E-state index in [0.717, 1.165) is 25.3 Å². The number of benzene rings is 1. The van der Waals surface area contributed by atoms with Gasteiger partial charge in [0.2, 0.25) is 0 Å². The summed E-state index contributed by atoms with van der Waals surface area (Å²) in [6.07, 6.45) is 2.59. The molecule has 6 nitrogen and oxygen atoms in total. The van der Waals surface area contributed by atoms with Gasteiger partial charge in [-0.3, -0.25) is 9.69 Å². The zero-order chi connectivity index (χ0) is 22.1. The summed E-state index contributed by atoms with van der Waals surface area (Å²) in [4.78, 5) is 21.5. The molecular weight excluding hydrogens is 414 g/mol. The number of amides is 1. The molecule has 2 bridgehead atoms. The van der Waals surface area contributed by atoms with E-state index in [0.29, 0.717) is 30.0 Å². The number of rotatable bonds is 7. The smallest absolute Gasteiger partial charge is 0.255 e. The lowest BCUT2D eigenvalue weighted by Crippen LogP contribution is -2.49.